The third-order valence-electron chi connectivity index (χ3n) is 2.08. The maximum atomic E-state index is 11.6. The van der Waals surface area contributed by atoms with Crippen molar-refractivity contribution >= 4 is 11.8 Å². The van der Waals surface area contributed by atoms with Crippen molar-refractivity contribution in [2.24, 2.45) is 5.73 Å². The molecule has 5 nitrogen and oxygen atoms in total. The predicted octanol–water partition coefficient (Wildman–Crippen LogP) is 0.105. The monoisotopic (exact) mass is 221 g/mol. The summed E-state index contributed by atoms with van der Waals surface area (Å²) in [5.41, 5.74) is 11.2. The second kappa shape index (κ2) is 5.87. The first-order chi connectivity index (χ1) is 7.65. The summed E-state index contributed by atoms with van der Waals surface area (Å²) in [6.45, 7) is 2.09. The van der Waals surface area contributed by atoms with Gasteiger partial charge in [-0.1, -0.05) is 18.2 Å². The van der Waals surface area contributed by atoms with E-state index >= 15 is 0 Å². The number of hydrazine groups is 1. The molecule has 0 fully saturated rings. The molecule has 0 atom stereocenters. The summed E-state index contributed by atoms with van der Waals surface area (Å²) in [7, 11) is 0. The number of benzene rings is 1. The molecule has 4 N–H and O–H groups in total. The van der Waals surface area contributed by atoms with Gasteiger partial charge in [0.1, 0.15) is 0 Å². The maximum Gasteiger partial charge on any atom is 0.269 e. The Bertz CT molecular complexity index is 391. The molecule has 0 saturated carbocycles. The Morgan fingerprint density at radius 3 is 2.56 bits per heavy atom. The minimum absolute atomic E-state index is 0.189. The fourth-order valence-corrected chi connectivity index (χ4v) is 1.22. The van der Waals surface area contributed by atoms with E-state index in [-0.39, 0.29) is 24.8 Å². The van der Waals surface area contributed by atoms with Crippen molar-refractivity contribution < 1.29 is 9.59 Å². The number of nitrogens with one attached hydrogen (secondary N) is 2. The molecule has 5 heteroatoms. The molecule has 0 radical (unpaired) electrons. The smallest absolute Gasteiger partial charge is 0.269 e. The molecule has 0 bridgehead atoms. The van der Waals surface area contributed by atoms with Gasteiger partial charge in [0, 0.05) is 18.5 Å². The van der Waals surface area contributed by atoms with Crippen LogP contribution in [0.4, 0.5) is 0 Å². The van der Waals surface area contributed by atoms with Crippen LogP contribution < -0.4 is 16.6 Å². The largest absolute Gasteiger partial charge is 0.330 e. The van der Waals surface area contributed by atoms with Crippen LogP contribution in [-0.4, -0.2) is 18.4 Å². The van der Waals surface area contributed by atoms with Crippen molar-refractivity contribution in [3.8, 4) is 0 Å². The Hall–Kier alpha value is -1.88. The quantitative estimate of drug-likeness (QED) is 0.633. The summed E-state index contributed by atoms with van der Waals surface area (Å²) < 4.78 is 0. The van der Waals surface area contributed by atoms with Gasteiger partial charge in [0.15, 0.2) is 0 Å². The van der Waals surface area contributed by atoms with E-state index < -0.39 is 0 Å². The van der Waals surface area contributed by atoms with Crippen molar-refractivity contribution in [1.29, 1.82) is 0 Å². The highest BCUT2D eigenvalue weighted by Crippen LogP contribution is 2.05. The van der Waals surface area contributed by atoms with Crippen molar-refractivity contribution in [1.82, 2.24) is 10.9 Å². The topological polar surface area (TPSA) is 84.2 Å². The zero-order chi connectivity index (χ0) is 12.0. The molecule has 0 aliphatic carbocycles. The van der Waals surface area contributed by atoms with Gasteiger partial charge >= 0.3 is 0 Å². The van der Waals surface area contributed by atoms with Crippen LogP contribution in [0.1, 0.15) is 22.3 Å². The van der Waals surface area contributed by atoms with Gasteiger partial charge in [0.05, 0.1) is 0 Å². The van der Waals surface area contributed by atoms with Crippen LogP contribution in [0.15, 0.2) is 24.3 Å². The number of carbonyl (C=O) groups excluding carboxylic acids is 2. The van der Waals surface area contributed by atoms with Crippen molar-refractivity contribution in [3.05, 3.63) is 35.4 Å². The molecular weight excluding hydrogens is 206 g/mol. The molecule has 0 aliphatic rings. The van der Waals surface area contributed by atoms with Gasteiger partial charge in [-0.3, -0.25) is 20.4 Å². The molecule has 86 valence electrons. The summed E-state index contributed by atoms with van der Waals surface area (Å²) in [4.78, 5) is 22.7. The van der Waals surface area contributed by atoms with Crippen LogP contribution in [-0.2, 0) is 4.79 Å². The lowest BCUT2D eigenvalue weighted by atomic mass is 10.1. The van der Waals surface area contributed by atoms with E-state index in [1.54, 1.807) is 12.1 Å². The SMILES string of the molecule is Cc1ccccc1C(=O)NNC(=O)CCN. The molecule has 2 amide bonds. The Labute approximate surface area is 94.0 Å². The number of rotatable bonds is 3. The Morgan fingerprint density at radius 2 is 1.94 bits per heavy atom. The molecule has 0 heterocycles. The molecule has 0 unspecified atom stereocenters. The standard InChI is InChI=1S/C11H15N3O2/c1-8-4-2-3-5-9(8)11(16)14-13-10(15)6-7-12/h2-5H,6-7,12H2,1H3,(H,13,15)(H,14,16). The van der Waals surface area contributed by atoms with Crippen molar-refractivity contribution in [2.45, 2.75) is 13.3 Å². The van der Waals surface area contributed by atoms with E-state index in [2.05, 4.69) is 10.9 Å². The van der Waals surface area contributed by atoms with Crippen molar-refractivity contribution in [3.63, 3.8) is 0 Å². The molecule has 1 aromatic rings. The summed E-state index contributed by atoms with van der Waals surface area (Å²) in [6.07, 6.45) is 0.189. The number of amides is 2. The molecule has 1 aromatic carbocycles. The normalized spacial score (nSPS) is 9.62. The summed E-state index contributed by atoms with van der Waals surface area (Å²) in [5, 5.41) is 0. The molecule has 0 saturated heterocycles. The van der Waals surface area contributed by atoms with Gasteiger partial charge in [-0.05, 0) is 18.6 Å². The average Bonchev–Trinajstić information content (AvgIpc) is 2.27. The van der Waals surface area contributed by atoms with Gasteiger partial charge in [-0.2, -0.15) is 0 Å². The highest BCUT2D eigenvalue weighted by molar-refractivity contribution is 5.96. The zero-order valence-electron chi connectivity index (χ0n) is 9.12. The van der Waals surface area contributed by atoms with E-state index in [0.717, 1.165) is 5.56 Å². The first-order valence-corrected chi connectivity index (χ1v) is 5.00. The van der Waals surface area contributed by atoms with Crippen LogP contribution in [0.5, 0.6) is 0 Å². The van der Waals surface area contributed by atoms with Gasteiger partial charge < -0.3 is 5.73 Å². The number of nitrogens with two attached hydrogens (primary N) is 1. The van der Waals surface area contributed by atoms with E-state index in [1.165, 1.54) is 0 Å². The zero-order valence-corrected chi connectivity index (χ0v) is 9.12. The maximum absolute atomic E-state index is 11.6. The van der Waals surface area contributed by atoms with Crippen LogP contribution in [0.25, 0.3) is 0 Å². The number of carbonyl (C=O) groups is 2. The number of aryl methyl sites for hydroxylation is 1. The molecule has 0 aliphatic heterocycles. The summed E-state index contributed by atoms with van der Waals surface area (Å²) in [6, 6.07) is 7.14. The molecule has 16 heavy (non-hydrogen) atoms. The lowest BCUT2D eigenvalue weighted by Gasteiger charge is -2.08. The third-order valence-corrected chi connectivity index (χ3v) is 2.08. The van der Waals surface area contributed by atoms with Crippen molar-refractivity contribution in [2.75, 3.05) is 6.54 Å². The predicted molar refractivity (Wildman–Crippen MR) is 60.5 cm³/mol. The molecular formula is C11H15N3O2. The first-order valence-electron chi connectivity index (χ1n) is 5.00. The van der Waals surface area contributed by atoms with Gasteiger partial charge in [-0.15, -0.1) is 0 Å². The van der Waals surface area contributed by atoms with E-state index in [9.17, 15) is 9.59 Å². The van der Waals surface area contributed by atoms with Crippen LogP contribution in [0, 0.1) is 6.92 Å². The molecule has 0 spiro atoms. The minimum Gasteiger partial charge on any atom is -0.330 e. The minimum atomic E-state index is -0.330. The van der Waals surface area contributed by atoms with E-state index in [0.29, 0.717) is 5.56 Å². The highest BCUT2D eigenvalue weighted by atomic mass is 16.2. The average molecular weight is 221 g/mol. The lowest BCUT2D eigenvalue weighted by Crippen LogP contribution is -2.42. The molecule has 1 rings (SSSR count). The van der Waals surface area contributed by atoms with Crippen LogP contribution in [0.2, 0.25) is 0 Å². The van der Waals surface area contributed by atoms with Gasteiger partial charge in [-0.25, -0.2) is 0 Å². The second-order valence-corrected chi connectivity index (χ2v) is 3.36. The Morgan fingerprint density at radius 1 is 1.25 bits per heavy atom. The van der Waals surface area contributed by atoms with Gasteiger partial charge in [0.25, 0.3) is 5.91 Å². The molecule has 0 aromatic heterocycles. The van der Waals surface area contributed by atoms with Crippen LogP contribution in [0.3, 0.4) is 0 Å². The second-order valence-electron chi connectivity index (χ2n) is 3.36. The lowest BCUT2D eigenvalue weighted by molar-refractivity contribution is -0.121. The van der Waals surface area contributed by atoms with E-state index in [4.69, 9.17) is 5.73 Å². The fraction of sp³-hybridized carbons (Fsp3) is 0.273. The fourth-order valence-electron chi connectivity index (χ4n) is 1.22. The number of hydrogen-bond acceptors (Lipinski definition) is 3. The van der Waals surface area contributed by atoms with E-state index in [1.807, 2.05) is 19.1 Å². The van der Waals surface area contributed by atoms with Gasteiger partial charge in [0.2, 0.25) is 5.91 Å². The van der Waals surface area contributed by atoms with Crippen LogP contribution >= 0.6 is 0 Å². The Kier molecular flexibility index (Phi) is 4.47. The number of hydrogen-bond donors (Lipinski definition) is 3. The first kappa shape index (κ1) is 12.2. The summed E-state index contributed by atoms with van der Waals surface area (Å²) >= 11 is 0. The Balaban J connectivity index is 2.54. The third kappa shape index (κ3) is 3.36. The summed E-state index contributed by atoms with van der Waals surface area (Å²) in [5.74, 6) is -0.632. The highest BCUT2D eigenvalue weighted by Gasteiger charge is 2.08.